The van der Waals surface area contributed by atoms with Crippen molar-refractivity contribution in [1.82, 2.24) is 0 Å². The molecule has 0 saturated heterocycles. The highest BCUT2D eigenvalue weighted by atomic mass is 35.5. The van der Waals surface area contributed by atoms with Gasteiger partial charge in [-0.1, -0.05) is 25.4 Å². The Morgan fingerprint density at radius 3 is 2.60 bits per heavy atom. The summed E-state index contributed by atoms with van der Waals surface area (Å²) >= 11 is 8.06. The van der Waals surface area contributed by atoms with Gasteiger partial charge in [0.1, 0.15) is 5.75 Å². The van der Waals surface area contributed by atoms with Crippen molar-refractivity contribution in [1.29, 1.82) is 0 Å². The van der Waals surface area contributed by atoms with Gasteiger partial charge < -0.3 is 10.1 Å². The third kappa shape index (κ3) is 4.15. The zero-order valence-corrected chi connectivity index (χ0v) is 13.5. The van der Waals surface area contributed by atoms with Crippen molar-refractivity contribution in [2.45, 2.75) is 33.2 Å². The second-order valence-electron chi connectivity index (χ2n) is 4.57. The van der Waals surface area contributed by atoms with E-state index >= 15 is 0 Å². The largest absolute Gasteiger partial charge is 0.492 e. The van der Waals surface area contributed by atoms with E-state index in [1.165, 1.54) is 9.75 Å². The summed E-state index contributed by atoms with van der Waals surface area (Å²) in [5.74, 6) is 0.753. The minimum Gasteiger partial charge on any atom is -0.492 e. The van der Waals surface area contributed by atoms with E-state index in [1.54, 1.807) is 0 Å². The van der Waals surface area contributed by atoms with E-state index in [0.717, 1.165) is 30.8 Å². The third-order valence-corrected chi connectivity index (χ3v) is 4.45. The van der Waals surface area contributed by atoms with Crippen LogP contribution in [-0.4, -0.2) is 6.61 Å². The van der Waals surface area contributed by atoms with Crippen molar-refractivity contribution >= 4 is 28.6 Å². The fraction of sp³-hybridized carbons (Fsp3) is 0.375. The molecule has 0 atom stereocenters. The molecule has 2 rings (SSSR count). The van der Waals surface area contributed by atoms with Crippen LogP contribution in [0.2, 0.25) is 5.02 Å². The van der Waals surface area contributed by atoms with Gasteiger partial charge in [0.15, 0.2) is 0 Å². The lowest BCUT2D eigenvalue weighted by atomic mass is 10.3. The number of aryl methyl sites for hydroxylation is 1. The predicted octanol–water partition coefficient (Wildman–Crippen LogP) is 5.36. The van der Waals surface area contributed by atoms with Crippen LogP contribution in [0.4, 0.5) is 5.69 Å². The van der Waals surface area contributed by atoms with Crippen molar-refractivity contribution in [2.24, 2.45) is 0 Å². The van der Waals surface area contributed by atoms with Crippen LogP contribution in [0.5, 0.6) is 5.75 Å². The highest BCUT2D eigenvalue weighted by molar-refractivity contribution is 7.12. The average Bonchev–Trinajstić information content (AvgIpc) is 2.92. The van der Waals surface area contributed by atoms with E-state index in [-0.39, 0.29) is 0 Å². The van der Waals surface area contributed by atoms with Gasteiger partial charge >= 0.3 is 0 Å². The number of rotatable bonds is 7. The van der Waals surface area contributed by atoms with Gasteiger partial charge in [0.25, 0.3) is 0 Å². The van der Waals surface area contributed by atoms with E-state index in [9.17, 15) is 0 Å². The molecule has 0 aliphatic carbocycles. The molecule has 4 heteroatoms. The lowest BCUT2D eigenvalue weighted by molar-refractivity contribution is 0.317. The molecule has 2 nitrogen and oxygen atoms in total. The Labute approximate surface area is 129 Å². The number of benzene rings is 1. The maximum Gasteiger partial charge on any atom is 0.138 e. The molecular weight excluding hydrogens is 290 g/mol. The molecule has 1 aromatic carbocycles. The predicted molar refractivity (Wildman–Crippen MR) is 88.3 cm³/mol. The Bertz CT molecular complexity index is 553. The van der Waals surface area contributed by atoms with Crippen LogP contribution in [0.3, 0.4) is 0 Å². The van der Waals surface area contributed by atoms with E-state index < -0.39 is 0 Å². The Hall–Kier alpha value is -1.19. The summed E-state index contributed by atoms with van der Waals surface area (Å²) in [6.45, 7) is 5.78. The number of thiophene rings is 1. The van der Waals surface area contributed by atoms with Gasteiger partial charge in [0, 0.05) is 22.0 Å². The molecule has 0 fully saturated rings. The standard InChI is InChI=1S/C16H20ClNOS/c1-3-9-19-16-8-5-12(10-15(16)17)18-11-14-7-6-13(4-2)20-14/h5-8,10,18H,3-4,9,11H2,1-2H3. The highest BCUT2D eigenvalue weighted by Gasteiger charge is 2.04. The smallest absolute Gasteiger partial charge is 0.138 e. The monoisotopic (exact) mass is 309 g/mol. The second kappa shape index (κ2) is 7.55. The Morgan fingerprint density at radius 1 is 1.15 bits per heavy atom. The van der Waals surface area contributed by atoms with Gasteiger partial charge in [0.05, 0.1) is 11.6 Å². The van der Waals surface area contributed by atoms with Crippen LogP contribution in [0.1, 0.15) is 30.0 Å². The molecule has 0 unspecified atom stereocenters. The Kier molecular flexibility index (Phi) is 5.74. The van der Waals surface area contributed by atoms with Gasteiger partial charge in [-0.3, -0.25) is 0 Å². The molecule has 0 radical (unpaired) electrons. The zero-order chi connectivity index (χ0) is 14.4. The van der Waals surface area contributed by atoms with Crippen molar-refractivity contribution in [3.63, 3.8) is 0 Å². The number of halogens is 1. The maximum absolute atomic E-state index is 6.21. The molecule has 1 aromatic heterocycles. The van der Waals surface area contributed by atoms with E-state index in [0.29, 0.717) is 11.6 Å². The molecule has 0 saturated carbocycles. The van der Waals surface area contributed by atoms with Gasteiger partial charge in [-0.15, -0.1) is 11.3 Å². The van der Waals surface area contributed by atoms with E-state index in [4.69, 9.17) is 16.3 Å². The van der Waals surface area contributed by atoms with Gasteiger partial charge in [-0.2, -0.15) is 0 Å². The van der Waals surface area contributed by atoms with Crippen molar-refractivity contribution < 1.29 is 4.74 Å². The number of ether oxygens (including phenoxy) is 1. The lowest BCUT2D eigenvalue weighted by Gasteiger charge is -2.10. The number of hydrogen-bond acceptors (Lipinski definition) is 3. The highest BCUT2D eigenvalue weighted by Crippen LogP contribution is 2.28. The number of anilines is 1. The maximum atomic E-state index is 6.21. The van der Waals surface area contributed by atoms with Gasteiger partial charge in [-0.25, -0.2) is 0 Å². The summed E-state index contributed by atoms with van der Waals surface area (Å²) < 4.78 is 5.56. The SMILES string of the molecule is CCCOc1ccc(NCc2ccc(CC)s2)cc1Cl. The summed E-state index contributed by atoms with van der Waals surface area (Å²) in [6, 6.07) is 10.2. The van der Waals surface area contributed by atoms with E-state index in [1.807, 2.05) is 29.5 Å². The molecular formula is C16H20ClNOS. The fourth-order valence-corrected chi connectivity index (χ4v) is 2.97. The molecule has 0 aliphatic heterocycles. The second-order valence-corrected chi connectivity index (χ2v) is 6.23. The first-order chi connectivity index (χ1) is 9.72. The molecule has 0 amide bonds. The minimum absolute atomic E-state index is 0.656. The number of hydrogen-bond donors (Lipinski definition) is 1. The van der Waals surface area contributed by atoms with Crippen molar-refractivity contribution in [3.8, 4) is 5.75 Å². The summed E-state index contributed by atoms with van der Waals surface area (Å²) in [4.78, 5) is 2.76. The topological polar surface area (TPSA) is 21.3 Å². The normalized spacial score (nSPS) is 10.6. The summed E-state index contributed by atoms with van der Waals surface area (Å²) in [7, 11) is 0. The molecule has 108 valence electrons. The first kappa shape index (κ1) is 15.2. The van der Waals surface area contributed by atoms with E-state index in [2.05, 4.69) is 31.3 Å². The first-order valence-electron chi connectivity index (χ1n) is 6.96. The van der Waals surface area contributed by atoms with Crippen LogP contribution in [-0.2, 0) is 13.0 Å². The van der Waals surface area contributed by atoms with Crippen LogP contribution in [0.25, 0.3) is 0 Å². The average molecular weight is 310 g/mol. The van der Waals surface area contributed by atoms with Crippen LogP contribution in [0.15, 0.2) is 30.3 Å². The molecule has 2 aromatic rings. The van der Waals surface area contributed by atoms with Crippen molar-refractivity contribution in [3.05, 3.63) is 45.1 Å². The summed E-state index contributed by atoms with van der Waals surface area (Å²) in [5.41, 5.74) is 1.02. The quantitative estimate of drug-likeness (QED) is 0.743. The molecule has 0 bridgehead atoms. The molecule has 1 heterocycles. The molecule has 1 N–H and O–H groups in total. The van der Waals surface area contributed by atoms with Crippen molar-refractivity contribution in [2.75, 3.05) is 11.9 Å². The molecule has 0 spiro atoms. The van der Waals surface area contributed by atoms with Gasteiger partial charge in [-0.05, 0) is 43.2 Å². The summed E-state index contributed by atoms with van der Waals surface area (Å²) in [5, 5.41) is 4.05. The number of nitrogens with one attached hydrogen (secondary N) is 1. The minimum atomic E-state index is 0.656. The van der Waals surface area contributed by atoms with Crippen LogP contribution >= 0.6 is 22.9 Å². The van der Waals surface area contributed by atoms with Gasteiger partial charge in [0.2, 0.25) is 0 Å². The summed E-state index contributed by atoms with van der Waals surface area (Å²) in [6.07, 6.45) is 2.08. The fourth-order valence-electron chi connectivity index (χ4n) is 1.84. The third-order valence-electron chi connectivity index (χ3n) is 2.93. The molecule has 0 aliphatic rings. The first-order valence-corrected chi connectivity index (χ1v) is 8.16. The molecule has 20 heavy (non-hydrogen) atoms. The zero-order valence-electron chi connectivity index (χ0n) is 11.9. The van der Waals surface area contributed by atoms with Crippen LogP contribution in [0, 0.1) is 0 Å². The lowest BCUT2D eigenvalue weighted by Crippen LogP contribution is -1.99. The van der Waals surface area contributed by atoms with Crippen LogP contribution < -0.4 is 10.1 Å². The Balaban J connectivity index is 1.94. The Morgan fingerprint density at radius 2 is 1.95 bits per heavy atom.